The summed E-state index contributed by atoms with van der Waals surface area (Å²) in [6, 6.07) is 4.15. The molecule has 1 amide bonds. The average Bonchev–Trinajstić information content (AvgIpc) is 2.74. The molecule has 1 aliphatic rings. The molecule has 0 saturated heterocycles. The summed E-state index contributed by atoms with van der Waals surface area (Å²) >= 11 is 0. The van der Waals surface area contributed by atoms with Gasteiger partial charge in [-0.3, -0.25) is 4.90 Å². The highest BCUT2D eigenvalue weighted by Crippen LogP contribution is 2.31. The van der Waals surface area contributed by atoms with E-state index in [2.05, 4.69) is 29.4 Å². The molecule has 0 heterocycles. The van der Waals surface area contributed by atoms with Gasteiger partial charge in [-0.25, -0.2) is 9.59 Å². The molecule has 1 fully saturated rings. The fourth-order valence-corrected chi connectivity index (χ4v) is 4.16. The summed E-state index contributed by atoms with van der Waals surface area (Å²) in [5.74, 6) is 6.40. The molecule has 1 unspecified atom stereocenters. The predicted molar refractivity (Wildman–Crippen MR) is 136 cm³/mol. The lowest BCUT2D eigenvalue weighted by Gasteiger charge is -2.34. The molecular formula is C27H41N3O4. The van der Waals surface area contributed by atoms with Crippen molar-refractivity contribution in [1.82, 2.24) is 10.2 Å². The Bertz CT molecular complexity index is 916. The summed E-state index contributed by atoms with van der Waals surface area (Å²) in [5, 5.41) is 6.63. The second kappa shape index (κ2) is 12.1. The van der Waals surface area contributed by atoms with Crippen molar-refractivity contribution < 1.29 is 19.1 Å². The molecule has 1 atom stereocenters. The summed E-state index contributed by atoms with van der Waals surface area (Å²) in [6.07, 6.45) is 3.48. The highest BCUT2D eigenvalue weighted by atomic mass is 16.6. The molecular weight excluding hydrogens is 430 g/mol. The van der Waals surface area contributed by atoms with Crippen LogP contribution in [-0.4, -0.2) is 62.4 Å². The Hall–Kier alpha value is -2.72. The van der Waals surface area contributed by atoms with Crippen molar-refractivity contribution in [3.8, 4) is 11.8 Å². The van der Waals surface area contributed by atoms with Gasteiger partial charge in [-0.05, 0) is 98.0 Å². The number of nitrogens with zero attached hydrogens (tertiary/aromatic N) is 1. The van der Waals surface area contributed by atoms with Gasteiger partial charge in [-0.15, -0.1) is 0 Å². The van der Waals surface area contributed by atoms with Gasteiger partial charge in [-0.1, -0.05) is 11.8 Å². The fraction of sp³-hybridized carbons (Fsp3) is 0.630. The van der Waals surface area contributed by atoms with Gasteiger partial charge in [0.2, 0.25) is 0 Å². The second-order valence-electron chi connectivity index (χ2n) is 10.4. The zero-order valence-corrected chi connectivity index (χ0v) is 22.0. The monoisotopic (exact) mass is 471 g/mol. The average molecular weight is 472 g/mol. The smallest absolute Gasteiger partial charge is 0.407 e. The van der Waals surface area contributed by atoms with Gasteiger partial charge in [0.1, 0.15) is 5.60 Å². The Balaban J connectivity index is 2.07. The molecule has 0 radical (unpaired) electrons. The van der Waals surface area contributed by atoms with E-state index in [1.54, 1.807) is 6.07 Å². The number of anilines is 1. The van der Waals surface area contributed by atoms with E-state index in [1.165, 1.54) is 7.11 Å². The van der Waals surface area contributed by atoms with Gasteiger partial charge in [0.15, 0.2) is 0 Å². The summed E-state index contributed by atoms with van der Waals surface area (Å²) in [5.41, 5.74) is 2.58. The molecule has 34 heavy (non-hydrogen) atoms. The molecule has 0 bridgehead atoms. The molecule has 0 spiro atoms. The van der Waals surface area contributed by atoms with Gasteiger partial charge >= 0.3 is 12.1 Å². The van der Waals surface area contributed by atoms with E-state index in [0.29, 0.717) is 18.0 Å². The van der Waals surface area contributed by atoms with Gasteiger partial charge in [0.25, 0.3) is 0 Å². The van der Waals surface area contributed by atoms with Crippen molar-refractivity contribution in [3.05, 3.63) is 28.8 Å². The van der Waals surface area contributed by atoms with Crippen LogP contribution >= 0.6 is 0 Å². The molecule has 7 nitrogen and oxygen atoms in total. The maximum atomic E-state index is 12.4. The first kappa shape index (κ1) is 27.5. The van der Waals surface area contributed by atoms with Crippen molar-refractivity contribution in [1.29, 1.82) is 0 Å². The van der Waals surface area contributed by atoms with Crippen LogP contribution in [0.15, 0.2) is 12.1 Å². The number of ether oxygens (including phenoxy) is 2. The van der Waals surface area contributed by atoms with Crippen LogP contribution in [0.2, 0.25) is 0 Å². The van der Waals surface area contributed by atoms with E-state index in [9.17, 15) is 9.59 Å². The van der Waals surface area contributed by atoms with E-state index < -0.39 is 5.60 Å². The minimum atomic E-state index is -0.494. The van der Waals surface area contributed by atoms with Gasteiger partial charge in [-0.2, -0.15) is 0 Å². The van der Waals surface area contributed by atoms with E-state index >= 15 is 0 Å². The van der Waals surface area contributed by atoms with Crippen molar-refractivity contribution in [3.63, 3.8) is 0 Å². The Labute approximate surface area is 204 Å². The minimum absolute atomic E-state index is 0.140. The number of amides is 1. The number of hydrogen-bond donors (Lipinski definition) is 2. The third-order valence-electron chi connectivity index (χ3n) is 6.02. The van der Waals surface area contributed by atoms with E-state index in [4.69, 9.17) is 9.47 Å². The summed E-state index contributed by atoms with van der Waals surface area (Å²) < 4.78 is 10.4. The zero-order chi connectivity index (χ0) is 25.5. The first-order valence-corrected chi connectivity index (χ1v) is 12.0. The molecule has 2 rings (SSSR count). The number of alkyl carbamates (subject to hydrolysis) is 1. The highest BCUT2D eigenvalue weighted by molar-refractivity contribution is 5.93. The molecule has 0 aliphatic heterocycles. The summed E-state index contributed by atoms with van der Waals surface area (Å²) in [7, 11) is 5.33. The largest absolute Gasteiger partial charge is 0.465 e. The van der Waals surface area contributed by atoms with Crippen LogP contribution in [0.3, 0.4) is 0 Å². The number of esters is 1. The maximum absolute atomic E-state index is 12.4. The van der Waals surface area contributed by atoms with E-state index in [-0.39, 0.29) is 24.1 Å². The molecule has 1 saturated carbocycles. The number of hydrogen-bond acceptors (Lipinski definition) is 6. The Morgan fingerprint density at radius 2 is 1.82 bits per heavy atom. The topological polar surface area (TPSA) is 79.9 Å². The van der Waals surface area contributed by atoms with Crippen molar-refractivity contribution in [2.24, 2.45) is 5.92 Å². The van der Waals surface area contributed by atoms with Crippen LogP contribution in [0.1, 0.15) is 74.9 Å². The molecule has 7 heteroatoms. The molecule has 188 valence electrons. The molecule has 1 aromatic carbocycles. The second-order valence-corrected chi connectivity index (χ2v) is 10.4. The number of nitrogens with one attached hydrogen (secondary N) is 2. The predicted octanol–water partition coefficient (Wildman–Crippen LogP) is 4.58. The quantitative estimate of drug-likeness (QED) is 0.467. The molecule has 1 aliphatic carbocycles. The maximum Gasteiger partial charge on any atom is 0.407 e. The van der Waals surface area contributed by atoms with Crippen LogP contribution in [0.25, 0.3) is 0 Å². The Kier molecular flexibility index (Phi) is 9.81. The van der Waals surface area contributed by atoms with Crippen LogP contribution in [0.4, 0.5) is 10.5 Å². The van der Waals surface area contributed by atoms with Crippen LogP contribution < -0.4 is 10.6 Å². The first-order valence-electron chi connectivity index (χ1n) is 12.0. The van der Waals surface area contributed by atoms with E-state index in [0.717, 1.165) is 42.5 Å². The van der Waals surface area contributed by atoms with Gasteiger partial charge in [0, 0.05) is 23.3 Å². The number of methoxy groups -OCH3 is 1. The van der Waals surface area contributed by atoms with Gasteiger partial charge < -0.3 is 20.1 Å². The standard InChI is InChI=1S/C27H41N3O4/c1-18-23(25(31)33-8)16-20(10-9-15-30(6)7)17-24(18)28-19(2)21-11-13-22(14-12-21)29-26(32)34-27(3,4)5/h16-17,19,21-22,28H,11-15H2,1-8H3,(H,29,32). The molecule has 1 aromatic rings. The van der Waals surface area contributed by atoms with Gasteiger partial charge in [0.05, 0.1) is 19.2 Å². The van der Waals surface area contributed by atoms with Crippen molar-refractivity contribution in [2.75, 3.05) is 33.1 Å². The number of carbonyl (C=O) groups is 2. The van der Waals surface area contributed by atoms with Crippen LogP contribution in [0, 0.1) is 24.7 Å². The summed E-state index contributed by atoms with van der Waals surface area (Å²) in [4.78, 5) is 26.4. The Morgan fingerprint density at radius 3 is 2.38 bits per heavy atom. The van der Waals surface area contributed by atoms with Crippen molar-refractivity contribution >= 4 is 17.7 Å². The lowest BCUT2D eigenvalue weighted by Crippen LogP contribution is -2.42. The summed E-state index contributed by atoms with van der Waals surface area (Å²) in [6.45, 7) is 10.4. The zero-order valence-electron chi connectivity index (χ0n) is 22.0. The molecule has 0 aromatic heterocycles. The van der Waals surface area contributed by atoms with E-state index in [1.807, 2.05) is 52.8 Å². The van der Waals surface area contributed by atoms with Crippen molar-refractivity contribution in [2.45, 2.75) is 78.0 Å². The Morgan fingerprint density at radius 1 is 1.18 bits per heavy atom. The number of rotatable bonds is 6. The fourth-order valence-electron chi connectivity index (χ4n) is 4.16. The number of carbonyl (C=O) groups excluding carboxylic acids is 2. The third-order valence-corrected chi connectivity index (χ3v) is 6.02. The normalized spacial score (nSPS) is 19.0. The molecule has 2 N–H and O–H groups in total. The highest BCUT2D eigenvalue weighted by Gasteiger charge is 2.28. The lowest BCUT2D eigenvalue weighted by molar-refractivity contribution is 0.0485. The van der Waals surface area contributed by atoms with Crippen LogP contribution in [-0.2, 0) is 9.47 Å². The minimum Gasteiger partial charge on any atom is -0.465 e. The SMILES string of the molecule is COC(=O)c1cc(C#CCN(C)C)cc(NC(C)C2CCC(NC(=O)OC(C)(C)C)CC2)c1C. The lowest BCUT2D eigenvalue weighted by atomic mass is 9.82. The third kappa shape index (κ3) is 8.57. The van der Waals surface area contributed by atoms with Crippen LogP contribution in [0.5, 0.6) is 0 Å². The number of benzene rings is 1. The first-order chi connectivity index (χ1) is 15.9.